The fraction of sp³-hybridized carbons (Fsp3) is 0.353. The summed E-state index contributed by atoms with van der Waals surface area (Å²) in [4.78, 5) is 11.8. The lowest BCUT2D eigenvalue weighted by molar-refractivity contribution is 0.0367. The van der Waals surface area contributed by atoms with E-state index in [0.29, 0.717) is 11.3 Å². The molecule has 1 aromatic heterocycles. The predicted octanol–water partition coefficient (Wildman–Crippen LogP) is 2.27. The van der Waals surface area contributed by atoms with Gasteiger partial charge in [-0.25, -0.2) is 9.18 Å². The number of carbonyl (C=O) groups is 1. The molecule has 0 aliphatic heterocycles. The number of hydrogen-bond acceptors (Lipinski definition) is 4. The highest BCUT2D eigenvalue weighted by atomic mass is 19.1. The van der Waals surface area contributed by atoms with E-state index in [2.05, 4.69) is 10.6 Å². The van der Waals surface area contributed by atoms with Crippen molar-refractivity contribution in [1.29, 1.82) is 0 Å². The van der Waals surface area contributed by atoms with Crippen LogP contribution in [-0.2, 0) is 23.5 Å². The number of carbonyl (C=O) groups excluding carboxylic acids is 1. The summed E-state index contributed by atoms with van der Waals surface area (Å²) in [5.74, 6) is 0.0186. The van der Waals surface area contributed by atoms with E-state index in [9.17, 15) is 14.3 Å². The van der Waals surface area contributed by atoms with Crippen molar-refractivity contribution in [3.05, 3.63) is 59.3 Å². The van der Waals surface area contributed by atoms with Crippen molar-refractivity contribution in [1.82, 2.24) is 10.6 Å². The van der Waals surface area contributed by atoms with Crippen molar-refractivity contribution in [2.45, 2.75) is 25.7 Å². The largest absolute Gasteiger partial charge is 0.466 e. The second-order valence-corrected chi connectivity index (χ2v) is 5.65. The zero-order chi connectivity index (χ0) is 17.6. The molecule has 2 amide bonds. The van der Waals surface area contributed by atoms with Crippen molar-refractivity contribution in [2.24, 2.45) is 0 Å². The number of ether oxygens (including phenoxy) is 1. The fourth-order valence-corrected chi connectivity index (χ4v) is 2.17. The van der Waals surface area contributed by atoms with Gasteiger partial charge < -0.3 is 24.9 Å². The minimum Gasteiger partial charge on any atom is -0.466 e. The molecule has 3 N–H and O–H groups in total. The van der Waals surface area contributed by atoms with Gasteiger partial charge in [0.15, 0.2) is 0 Å². The quantitative estimate of drug-likeness (QED) is 0.724. The van der Waals surface area contributed by atoms with Crippen LogP contribution in [0.1, 0.15) is 23.8 Å². The molecule has 1 atom stereocenters. The molecular weight excluding hydrogens is 315 g/mol. The minimum absolute atomic E-state index is 0.00924. The standard InChI is InChI=1S/C17H21FN2O4/c1-17(22,15-4-3-7-24-15)11-20-16(21)19-9-12-5-6-14(18)13(8-12)10-23-2/h3-8,22H,9-11H2,1-2H3,(H2,19,20,21). The monoisotopic (exact) mass is 336 g/mol. The van der Waals surface area contributed by atoms with Crippen LogP contribution in [-0.4, -0.2) is 24.8 Å². The second kappa shape index (κ2) is 7.94. The normalized spacial score (nSPS) is 13.3. The topological polar surface area (TPSA) is 83.7 Å². The lowest BCUT2D eigenvalue weighted by Crippen LogP contribution is -2.43. The smallest absolute Gasteiger partial charge is 0.315 e. The molecule has 130 valence electrons. The van der Waals surface area contributed by atoms with Crippen molar-refractivity contribution in [3.63, 3.8) is 0 Å². The highest BCUT2D eigenvalue weighted by Gasteiger charge is 2.26. The van der Waals surface area contributed by atoms with Crippen molar-refractivity contribution in [3.8, 4) is 0 Å². The molecule has 0 bridgehead atoms. The molecule has 0 spiro atoms. The van der Waals surface area contributed by atoms with Crippen LogP contribution < -0.4 is 10.6 Å². The van der Waals surface area contributed by atoms with Gasteiger partial charge in [-0.3, -0.25) is 0 Å². The van der Waals surface area contributed by atoms with E-state index in [1.807, 2.05) is 0 Å². The number of benzene rings is 1. The summed E-state index contributed by atoms with van der Waals surface area (Å²) in [7, 11) is 1.49. The van der Waals surface area contributed by atoms with Gasteiger partial charge in [0.25, 0.3) is 0 Å². The van der Waals surface area contributed by atoms with Gasteiger partial charge >= 0.3 is 6.03 Å². The van der Waals surface area contributed by atoms with E-state index in [4.69, 9.17) is 9.15 Å². The van der Waals surface area contributed by atoms with E-state index in [0.717, 1.165) is 5.56 Å². The second-order valence-electron chi connectivity index (χ2n) is 5.65. The fourth-order valence-electron chi connectivity index (χ4n) is 2.17. The Morgan fingerprint density at radius 3 is 2.83 bits per heavy atom. The molecule has 0 saturated heterocycles. The maximum Gasteiger partial charge on any atom is 0.315 e. The molecule has 0 saturated carbocycles. The van der Waals surface area contributed by atoms with Gasteiger partial charge in [0.1, 0.15) is 17.2 Å². The van der Waals surface area contributed by atoms with Crippen LogP contribution in [0.4, 0.5) is 9.18 Å². The van der Waals surface area contributed by atoms with Gasteiger partial charge in [0, 0.05) is 19.2 Å². The third-order valence-corrected chi connectivity index (χ3v) is 3.51. The number of rotatable bonds is 7. The molecule has 1 heterocycles. The first-order valence-electron chi connectivity index (χ1n) is 7.46. The maximum atomic E-state index is 13.5. The average molecular weight is 336 g/mol. The SMILES string of the molecule is COCc1cc(CNC(=O)NCC(C)(O)c2ccco2)ccc1F. The third-order valence-electron chi connectivity index (χ3n) is 3.51. The lowest BCUT2D eigenvalue weighted by Gasteiger charge is -2.21. The van der Waals surface area contributed by atoms with Crippen LogP contribution in [0, 0.1) is 5.82 Å². The van der Waals surface area contributed by atoms with Crippen molar-refractivity contribution >= 4 is 6.03 Å². The minimum atomic E-state index is -1.30. The Hall–Kier alpha value is -2.38. The van der Waals surface area contributed by atoms with E-state index in [1.165, 1.54) is 19.4 Å². The van der Waals surface area contributed by atoms with Crippen molar-refractivity contribution < 1.29 is 23.4 Å². The molecule has 1 aromatic carbocycles. The van der Waals surface area contributed by atoms with Crippen LogP contribution in [0.15, 0.2) is 41.0 Å². The number of nitrogens with one attached hydrogen (secondary N) is 2. The summed E-state index contributed by atoms with van der Waals surface area (Å²) in [5, 5.41) is 15.5. The highest BCUT2D eigenvalue weighted by Crippen LogP contribution is 2.19. The summed E-state index contributed by atoms with van der Waals surface area (Å²) >= 11 is 0. The van der Waals surface area contributed by atoms with Gasteiger partial charge in [0.2, 0.25) is 0 Å². The Balaban J connectivity index is 1.84. The van der Waals surface area contributed by atoms with Crippen LogP contribution in [0.2, 0.25) is 0 Å². The van der Waals surface area contributed by atoms with Gasteiger partial charge in [-0.15, -0.1) is 0 Å². The summed E-state index contributed by atoms with van der Waals surface area (Å²) in [6.45, 7) is 1.93. The Bertz CT molecular complexity index is 671. The number of furan rings is 1. The van der Waals surface area contributed by atoms with E-state index < -0.39 is 11.6 Å². The van der Waals surface area contributed by atoms with Crippen LogP contribution in [0.25, 0.3) is 0 Å². The Kier molecular flexibility index (Phi) is 5.94. The molecular formula is C17H21FN2O4. The molecule has 6 nitrogen and oxygen atoms in total. The number of methoxy groups -OCH3 is 1. The van der Waals surface area contributed by atoms with Crippen LogP contribution >= 0.6 is 0 Å². The zero-order valence-electron chi connectivity index (χ0n) is 13.6. The first-order valence-corrected chi connectivity index (χ1v) is 7.46. The number of aliphatic hydroxyl groups is 1. The molecule has 2 aromatic rings. The molecule has 0 aliphatic rings. The zero-order valence-corrected chi connectivity index (χ0v) is 13.6. The van der Waals surface area contributed by atoms with E-state index in [1.54, 1.807) is 31.2 Å². The number of hydrogen-bond donors (Lipinski definition) is 3. The highest BCUT2D eigenvalue weighted by molar-refractivity contribution is 5.73. The summed E-state index contributed by atoms with van der Waals surface area (Å²) in [6.07, 6.45) is 1.45. The Labute approximate surface area is 139 Å². The van der Waals surface area contributed by atoms with E-state index in [-0.39, 0.29) is 25.5 Å². The summed E-state index contributed by atoms with van der Waals surface area (Å²) < 4.78 is 23.6. The predicted molar refractivity (Wildman–Crippen MR) is 85.6 cm³/mol. The lowest BCUT2D eigenvalue weighted by atomic mass is 10.0. The number of amides is 2. The molecule has 7 heteroatoms. The van der Waals surface area contributed by atoms with Crippen LogP contribution in [0.3, 0.4) is 0 Å². The third kappa shape index (κ3) is 4.81. The van der Waals surface area contributed by atoms with Gasteiger partial charge in [-0.05, 0) is 36.8 Å². The average Bonchev–Trinajstić information content (AvgIpc) is 3.09. The summed E-state index contributed by atoms with van der Waals surface area (Å²) in [5.41, 5.74) is -0.128. The first-order chi connectivity index (χ1) is 11.4. The molecule has 0 fully saturated rings. The Morgan fingerprint density at radius 1 is 1.38 bits per heavy atom. The number of halogens is 1. The first kappa shape index (κ1) is 18.0. The van der Waals surface area contributed by atoms with Gasteiger partial charge in [-0.1, -0.05) is 6.07 Å². The van der Waals surface area contributed by atoms with Crippen LogP contribution in [0.5, 0.6) is 0 Å². The maximum absolute atomic E-state index is 13.5. The number of urea groups is 1. The summed E-state index contributed by atoms with van der Waals surface area (Å²) in [6, 6.07) is 7.42. The molecule has 1 unspecified atom stereocenters. The van der Waals surface area contributed by atoms with Crippen molar-refractivity contribution in [2.75, 3.05) is 13.7 Å². The van der Waals surface area contributed by atoms with Gasteiger partial charge in [0.05, 0.1) is 19.4 Å². The van der Waals surface area contributed by atoms with Gasteiger partial charge in [-0.2, -0.15) is 0 Å². The molecule has 2 rings (SSSR count). The Morgan fingerprint density at radius 2 is 2.17 bits per heavy atom. The van der Waals surface area contributed by atoms with E-state index >= 15 is 0 Å². The molecule has 0 radical (unpaired) electrons. The molecule has 24 heavy (non-hydrogen) atoms. The molecule has 0 aliphatic carbocycles.